The quantitative estimate of drug-likeness (QED) is 0.658. The molecule has 0 bridgehead atoms. The van der Waals surface area contributed by atoms with E-state index in [0.717, 1.165) is 11.8 Å². The summed E-state index contributed by atoms with van der Waals surface area (Å²) in [6.45, 7) is 3.62. The lowest BCUT2D eigenvalue weighted by atomic mass is 10.0. The van der Waals surface area contributed by atoms with Gasteiger partial charge in [-0.2, -0.15) is 0 Å². The van der Waals surface area contributed by atoms with E-state index in [1.165, 1.54) is 13.2 Å². The molecule has 1 aromatic carbocycles. The van der Waals surface area contributed by atoms with Gasteiger partial charge in [-0.1, -0.05) is 6.08 Å². The predicted octanol–water partition coefficient (Wildman–Crippen LogP) is 2.45. The highest BCUT2D eigenvalue weighted by Gasteiger charge is 2.25. The van der Waals surface area contributed by atoms with E-state index in [0.29, 0.717) is 28.2 Å². The molecule has 1 aliphatic heterocycles. The minimum atomic E-state index is -0.430. The minimum absolute atomic E-state index is 0.100. The van der Waals surface area contributed by atoms with Crippen LogP contribution in [0.4, 0.5) is 4.79 Å². The Morgan fingerprint density at radius 1 is 1.45 bits per heavy atom. The lowest BCUT2D eigenvalue weighted by molar-refractivity contribution is -0.115. The molecule has 1 aromatic rings. The van der Waals surface area contributed by atoms with Crippen molar-refractivity contribution in [3.63, 3.8) is 0 Å². The van der Waals surface area contributed by atoms with Gasteiger partial charge < -0.3 is 9.84 Å². The van der Waals surface area contributed by atoms with E-state index in [2.05, 4.69) is 11.9 Å². The number of imide groups is 1. The standard InChI is InChI=1S/C14H13NO4S/c1-3-4-8-5-9(11(19-2)7-10(8)16)6-12-13(17)15-14(18)20-12/h3,5-7,16H,1,4H2,2H3,(H,15,17,18)/b12-6-. The molecule has 1 heterocycles. The summed E-state index contributed by atoms with van der Waals surface area (Å²) in [4.78, 5) is 23.0. The van der Waals surface area contributed by atoms with Crippen LogP contribution in [0.1, 0.15) is 11.1 Å². The maximum absolute atomic E-state index is 11.5. The van der Waals surface area contributed by atoms with Gasteiger partial charge in [-0.25, -0.2) is 0 Å². The van der Waals surface area contributed by atoms with Crippen molar-refractivity contribution >= 4 is 29.0 Å². The largest absolute Gasteiger partial charge is 0.508 e. The van der Waals surface area contributed by atoms with Crippen molar-refractivity contribution in [3.8, 4) is 11.5 Å². The molecule has 2 rings (SSSR count). The topological polar surface area (TPSA) is 75.6 Å². The van der Waals surface area contributed by atoms with Gasteiger partial charge in [0.05, 0.1) is 12.0 Å². The number of methoxy groups -OCH3 is 1. The van der Waals surface area contributed by atoms with Crippen LogP contribution in [0.3, 0.4) is 0 Å². The number of carbonyl (C=O) groups excluding carboxylic acids is 2. The number of aromatic hydroxyl groups is 1. The summed E-state index contributed by atoms with van der Waals surface area (Å²) in [6, 6.07) is 3.18. The molecule has 0 spiro atoms. The normalized spacial score (nSPS) is 16.4. The maximum Gasteiger partial charge on any atom is 0.290 e. The molecule has 0 saturated carbocycles. The van der Waals surface area contributed by atoms with Crippen molar-refractivity contribution < 1.29 is 19.4 Å². The molecule has 104 valence electrons. The molecule has 0 aromatic heterocycles. The van der Waals surface area contributed by atoms with Gasteiger partial charge in [0.1, 0.15) is 11.5 Å². The number of phenols is 1. The molecule has 0 unspecified atom stereocenters. The van der Waals surface area contributed by atoms with E-state index < -0.39 is 11.1 Å². The fourth-order valence-electron chi connectivity index (χ4n) is 1.80. The molecule has 1 fully saturated rings. The number of nitrogens with one attached hydrogen (secondary N) is 1. The fourth-order valence-corrected chi connectivity index (χ4v) is 2.48. The second-order valence-electron chi connectivity index (χ2n) is 4.07. The monoisotopic (exact) mass is 291 g/mol. The van der Waals surface area contributed by atoms with Crippen LogP contribution in [0.15, 0.2) is 29.7 Å². The van der Waals surface area contributed by atoms with Crippen molar-refractivity contribution in [1.29, 1.82) is 0 Å². The summed E-state index contributed by atoms with van der Waals surface area (Å²) in [6.07, 6.45) is 3.72. The van der Waals surface area contributed by atoms with E-state index in [-0.39, 0.29) is 5.75 Å². The molecule has 2 N–H and O–H groups in total. The summed E-state index contributed by atoms with van der Waals surface area (Å²) in [5.74, 6) is 0.0967. The van der Waals surface area contributed by atoms with Crippen LogP contribution in [0.25, 0.3) is 6.08 Å². The zero-order valence-corrected chi connectivity index (χ0v) is 11.6. The summed E-state index contributed by atoms with van der Waals surface area (Å²) >= 11 is 0.834. The number of amides is 2. The molecule has 0 radical (unpaired) electrons. The Bertz CT molecular complexity index is 622. The molecule has 2 amide bonds. The van der Waals surface area contributed by atoms with Crippen LogP contribution in [0.5, 0.6) is 11.5 Å². The first-order valence-corrected chi connectivity index (χ1v) is 6.62. The number of carbonyl (C=O) groups is 2. The van der Waals surface area contributed by atoms with Gasteiger partial charge in [0.15, 0.2) is 0 Å². The molecule has 1 aliphatic rings. The number of hydrogen-bond acceptors (Lipinski definition) is 5. The average Bonchev–Trinajstić information content (AvgIpc) is 2.71. The molecule has 5 nitrogen and oxygen atoms in total. The fraction of sp³-hybridized carbons (Fsp3) is 0.143. The molecule has 0 atom stereocenters. The van der Waals surface area contributed by atoms with Gasteiger partial charge in [-0.05, 0) is 35.9 Å². The molecular weight excluding hydrogens is 278 g/mol. The van der Waals surface area contributed by atoms with Gasteiger partial charge in [0, 0.05) is 11.6 Å². The van der Waals surface area contributed by atoms with Crippen molar-refractivity contribution in [2.75, 3.05) is 7.11 Å². The van der Waals surface area contributed by atoms with E-state index >= 15 is 0 Å². The summed E-state index contributed by atoms with van der Waals surface area (Å²) in [7, 11) is 1.47. The van der Waals surface area contributed by atoms with Crippen molar-refractivity contribution in [2.24, 2.45) is 0 Å². The number of hydrogen-bond donors (Lipinski definition) is 2. The number of phenolic OH excluding ortho intramolecular Hbond substituents is 1. The Hall–Kier alpha value is -2.21. The van der Waals surface area contributed by atoms with Crippen molar-refractivity contribution in [3.05, 3.63) is 40.8 Å². The second-order valence-corrected chi connectivity index (χ2v) is 5.08. The third kappa shape index (κ3) is 2.85. The second kappa shape index (κ2) is 5.83. The molecule has 20 heavy (non-hydrogen) atoms. The molecule has 0 aliphatic carbocycles. The van der Waals surface area contributed by atoms with Gasteiger partial charge in [0.25, 0.3) is 11.1 Å². The van der Waals surface area contributed by atoms with Crippen LogP contribution in [0.2, 0.25) is 0 Å². The SMILES string of the molecule is C=CCc1cc(/C=C2\SC(=O)NC2=O)c(OC)cc1O. The molecule has 6 heteroatoms. The third-order valence-corrected chi connectivity index (χ3v) is 3.53. The summed E-state index contributed by atoms with van der Waals surface area (Å²) in [5.41, 5.74) is 1.29. The number of allylic oxidation sites excluding steroid dienone is 1. The van der Waals surface area contributed by atoms with E-state index in [4.69, 9.17) is 4.74 Å². The first-order chi connectivity index (χ1) is 9.55. The highest BCUT2D eigenvalue weighted by molar-refractivity contribution is 8.18. The molecular formula is C14H13NO4S. The highest BCUT2D eigenvalue weighted by Crippen LogP contribution is 2.33. The van der Waals surface area contributed by atoms with Gasteiger partial charge in [-0.15, -0.1) is 6.58 Å². The van der Waals surface area contributed by atoms with Crippen LogP contribution >= 0.6 is 11.8 Å². The smallest absolute Gasteiger partial charge is 0.290 e. The zero-order valence-electron chi connectivity index (χ0n) is 10.8. The minimum Gasteiger partial charge on any atom is -0.508 e. The van der Waals surface area contributed by atoms with Crippen LogP contribution in [-0.2, 0) is 11.2 Å². The highest BCUT2D eigenvalue weighted by atomic mass is 32.2. The lowest BCUT2D eigenvalue weighted by Gasteiger charge is -2.09. The Balaban J connectivity index is 2.46. The van der Waals surface area contributed by atoms with Crippen molar-refractivity contribution in [1.82, 2.24) is 5.32 Å². The van der Waals surface area contributed by atoms with Crippen LogP contribution in [-0.4, -0.2) is 23.4 Å². The number of rotatable bonds is 4. The zero-order chi connectivity index (χ0) is 14.7. The number of ether oxygens (including phenoxy) is 1. The summed E-state index contributed by atoms with van der Waals surface area (Å²) < 4.78 is 5.18. The van der Waals surface area contributed by atoms with Gasteiger partial charge >= 0.3 is 0 Å². The maximum atomic E-state index is 11.5. The molecule has 1 saturated heterocycles. The third-order valence-electron chi connectivity index (χ3n) is 2.72. The van der Waals surface area contributed by atoms with Gasteiger partial charge in [-0.3, -0.25) is 14.9 Å². The Labute approximate surface area is 120 Å². The van der Waals surface area contributed by atoms with Crippen LogP contribution in [0, 0.1) is 0 Å². The first-order valence-electron chi connectivity index (χ1n) is 5.80. The summed E-state index contributed by atoms with van der Waals surface area (Å²) in [5, 5.41) is 11.6. The predicted molar refractivity (Wildman–Crippen MR) is 77.7 cm³/mol. The Morgan fingerprint density at radius 3 is 2.75 bits per heavy atom. The number of thioether (sulfide) groups is 1. The Kier molecular flexibility index (Phi) is 4.14. The lowest BCUT2D eigenvalue weighted by Crippen LogP contribution is -2.17. The first kappa shape index (κ1) is 14.2. The van der Waals surface area contributed by atoms with E-state index in [1.807, 2.05) is 0 Å². The van der Waals surface area contributed by atoms with Crippen molar-refractivity contribution in [2.45, 2.75) is 6.42 Å². The number of benzene rings is 1. The van der Waals surface area contributed by atoms with E-state index in [1.54, 1.807) is 18.2 Å². The van der Waals surface area contributed by atoms with Gasteiger partial charge in [0.2, 0.25) is 0 Å². The van der Waals surface area contributed by atoms with Crippen LogP contribution < -0.4 is 10.1 Å². The average molecular weight is 291 g/mol. The van der Waals surface area contributed by atoms with E-state index in [9.17, 15) is 14.7 Å². The Morgan fingerprint density at radius 2 is 2.20 bits per heavy atom.